The molecule has 2 aromatic rings. The first-order valence-electron chi connectivity index (χ1n) is 9.20. The molecule has 0 unspecified atom stereocenters. The molecule has 27 heavy (non-hydrogen) atoms. The quantitative estimate of drug-likeness (QED) is 0.862. The Morgan fingerprint density at radius 2 is 2.07 bits per heavy atom. The number of rotatable bonds is 3. The Morgan fingerprint density at radius 1 is 1.26 bits per heavy atom. The van der Waals surface area contributed by atoms with Gasteiger partial charge in [0.05, 0.1) is 10.9 Å². The smallest absolute Gasteiger partial charge is 0.241 e. The van der Waals surface area contributed by atoms with Gasteiger partial charge in [-0.05, 0) is 50.3 Å². The summed E-state index contributed by atoms with van der Waals surface area (Å²) in [7, 11) is -3.75. The van der Waals surface area contributed by atoms with E-state index in [1.54, 1.807) is 28.6 Å². The van der Waals surface area contributed by atoms with Crippen LogP contribution in [0.4, 0.5) is 5.69 Å². The Labute approximate surface area is 158 Å². The number of carbonyl (C=O) groups excluding carboxylic acids is 1. The van der Waals surface area contributed by atoms with Crippen molar-refractivity contribution in [2.75, 3.05) is 11.4 Å². The average Bonchev–Trinajstić information content (AvgIpc) is 3.01. The second-order valence-electron chi connectivity index (χ2n) is 7.12. The third kappa shape index (κ3) is 3.37. The highest BCUT2D eigenvalue weighted by molar-refractivity contribution is 7.89. The van der Waals surface area contributed by atoms with Gasteiger partial charge in [0.15, 0.2) is 0 Å². The number of sulfonamides is 1. The first-order valence-corrected chi connectivity index (χ1v) is 10.7. The highest BCUT2D eigenvalue weighted by Gasteiger charge is 2.30. The molecular formula is C18H23N5O3S. The summed E-state index contributed by atoms with van der Waals surface area (Å²) in [6.45, 7) is 4.67. The number of amides is 1. The molecule has 2 aliphatic rings. The summed E-state index contributed by atoms with van der Waals surface area (Å²) >= 11 is 0. The molecule has 1 aromatic carbocycles. The van der Waals surface area contributed by atoms with E-state index >= 15 is 0 Å². The van der Waals surface area contributed by atoms with Gasteiger partial charge in [0.25, 0.3) is 0 Å². The van der Waals surface area contributed by atoms with Crippen molar-refractivity contribution >= 4 is 21.6 Å². The number of carbonyl (C=O) groups is 1. The number of hydrogen-bond donors (Lipinski definition) is 1. The van der Waals surface area contributed by atoms with E-state index in [4.69, 9.17) is 0 Å². The van der Waals surface area contributed by atoms with Crippen molar-refractivity contribution in [3.05, 3.63) is 35.4 Å². The number of nitrogens with zero attached hydrogens (tertiary/aromatic N) is 4. The van der Waals surface area contributed by atoms with Gasteiger partial charge in [0, 0.05) is 25.7 Å². The van der Waals surface area contributed by atoms with Crippen molar-refractivity contribution in [2.45, 2.75) is 57.0 Å². The number of anilines is 1. The van der Waals surface area contributed by atoms with Crippen LogP contribution in [0.1, 0.15) is 49.4 Å². The second-order valence-corrected chi connectivity index (χ2v) is 8.84. The van der Waals surface area contributed by atoms with Crippen LogP contribution in [-0.4, -0.2) is 35.6 Å². The maximum absolute atomic E-state index is 13.0. The fraction of sp³-hybridized carbons (Fsp3) is 0.500. The molecule has 1 N–H and O–H groups in total. The van der Waals surface area contributed by atoms with Gasteiger partial charge in [-0.15, -0.1) is 0 Å². The predicted molar refractivity (Wildman–Crippen MR) is 99.8 cm³/mol. The molecule has 0 aliphatic carbocycles. The van der Waals surface area contributed by atoms with E-state index in [0.29, 0.717) is 30.3 Å². The van der Waals surface area contributed by atoms with Crippen LogP contribution in [0, 0.1) is 6.92 Å². The second kappa shape index (κ2) is 6.72. The molecule has 1 amide bonds. The van der Waals surface area contributed by atoms with E-state index in [1.807, 2.05) is 6.07 Å². The van der Waals surface area contributed by atoms with E-state index in [0.717, 1.165) is 31.4 Å². The zero-order valence-corrected chi connectivity index (χ0v) is 16.3. The van der Waals surface area contributed by atoms with E-state index in [9.17, 15) is 13.2 Å². The molecule has 144 valence electrons. The number of fused-ring (bicyclic) bond motifs is 2. The highest BCUT2D eigenvalue weighted by atomic mass is 32.2. The molecule has 8 nitrogen and oxygen atoms in total. The summed E-state index contributed by atoms with van der Waals surface area (Å²) in [6.07, 6.45) is 3.25. The zero-order chi connectivity index (χ0) is 19.2. The number of aryl methyl sites for hydroxylation is 3. The summed E-state index contributed by atoms with van der Waals surface area (Å²) < 4.78 is 30.6. The fourth-order valence-electron chi connectivity index (χ4n) is 3.88. The third-order valence-electron chi connectivity index (χ3n) is 5.14. The molecular weight excluding hydrogens is 366 g/mol. The lowest BCUT2D eigenvalue weighted by Gasteiger charge is -2.29. The minimum absolute atomic E-state index is 0.0747. The highest BCUT2D eigenvalue weighted by Crippen LogP contribution is 2.31. The van der Waals surface area contributed by atoms with Gasteiger partial charge >= 0.3 is 0 Å². The molecule has 3 heterocycles. The zero-order valence-electron chi connectivity index (χ0n) is 15.5. The fourth-order valence-corrected chi connectivity index (χ4v) is 5.13. The van der Waals surface area contributed by atoms with Crippen LogP contribution < -0.4 is 9.62 Å². The molecule has 0 saturated heterocycles. The molecule has 9 heteroatoms. The Balaban J connectivity index is 1.65. The van der Waals surface area contributed by atoms with Gasteiger partial charge in [-0.1, -0.05) is 6.07 Å². The van der Waals surface area contributed by atoms with Crippen LogP contribution in [0.15, 0.2) is 23.1 Å². The van der Waals surface area contributed by atoms with Crippen LogP contribution >= 0.6 is 0 Å². The van der Waals surface area contributed by atoms with Gasteiger partial charge in [0.2, 0.25) is 15.9 Å². The molecule has 1 atom stereocenters. The predicted octanol–water partition coefficient (Wildman–Crippen LogP) is 1.70. The van der Waals surface area contributed by atoms with Gasteiger partial charge in [-0.3, -0.25) is 4.79 Å². The lowest BCUT2D eigenvalue weighted by molar-refractivity contribution is -0.116. The van der Waals surface area contributed by atoms with Crippen molar-refractivity contribution < 1.29 is 13.2 Å². The first-order chi connectivity index (χ1) is 12.8. The monoisotopic (exact) mass is 389 g/mol. The summed E-state index contributed by atoms with van der Waals surface area (Å²) in [5, 5.41) is 4.32. The van der Waals surface area contributed by atoms with Crippen molar-refractivity contribution in [1.82, 2.24) is 19.5 Å². The molecule has 0 bridgehead atoms. The van der Waals surface area contributed by atoms with E-state index < -0.39 is 16.1 Å². The van der Waals surface area contributed by atoms with Crippen LogP contribution in [0.25, 0.3) is 0 Å². The molecule has 0 fully saturated rings. The number of hydrogen-bond acceptors (Lipinski definition) is 5. The lowest BCUT2D eigenvalue weighted by atomic mass is 10.0. The van der Waals surface area contributed by atoms with Gasteiger partial charge in [-0.2, -0.15) is 5.10 Å². The Kier molecular flexibility index (Phi) is 4.51. The molecule has 0 radical (unpaired) electrons. The van der Waals surface area contributed by atoms with Crippen molar-refractivity contribution in [3.8, 4) is 0 Å². The van der Waals surface area contributed by atoms with Crippen LogP contribution in [0.5, 0.6) is 0 Å². The summed E-state index contributed by atoms with van der Waals surface area (Å²) in [5.74, 6) is 1.22. The van der Waals surface area contributed by atoms with Crippen molar-refractivity contribution in [1.29, 1.82) is 0 Å². The van der Waals surface area contributed by atoms with Crippen LogP contribution in [0.2, 0.25) is 0 Å². The van der Waals surface area contributed by atoms with Gasteiger partial charge in [-0.25, -0.2) is 22.8 Å². The van der Waals surface area contributed by atoms with Gasteiger partial charge < -0.3 is 4.90 Å². The number of aromatic nitrogens is 3. The molecule has 1 aromatic heterocycles. The maximum atomic E-state index is 13.0. The number of benzene rings is 1. The molecule has 0 saturated carbocycles. The standard InChI is InChI=1S/C18H23N5O3S/c1-12-19-18-16(6-4-10-23(18)20-12)21-27(25,26)15-8-7-14-5-3-9-22(13(2)24)17(14)11-15/h7-8,11,16,21H,3-6,9-10H2,1-2H3/t16-/m1/s1. The first kappa shape index (κ1) is 18.1. The molecule has 4 rings (SSSR count). The Bertz CT molecular complexity index is 998. The normalized spacial score (nSPS) is 19.5. The van der Waals surface area contributed by atoms with Crippen LogP contribution in [-0.2, 0) is 27.8 Å². The largest absolute Gasteiger partial charge is 0.312 e. The SMILES string of the molecule is CC(=O)N1CCCc2ccc(S(=O)(=O)N[C@@H]3CCCn4nc(C)nc43)cc21. The lowest BCUT2D eigenvalue weighted by Crippen LogP contribution is -2.35. The molecule has 0 spiro atoms. The van der Waals surface area contributed by atoms with Crippen molar-refractivity contribution in [3.63, 3.8) is 0 Å². The summed E-state index contributed by atoms with van der Waals surface area (Å²) in [6, 6.07) is 4.64. The maximum Gasteiger partial charge on any atom is 0.241 e. The average molecular weight is 389 g/mol. The number of nitrogens with one attached hydrogen (secondary N) is 1. The minimum Gasteiger partial charge on any atom is -0.312 e. The van der Waals surface area contributed by atoms with Gasteiger partial charge in [0.1, 0.15) is 11.6 Å². The van der Waals surface area contributed by atoms with E-state index in [2.05, 4.69) is 14.8 Å². The summed E-state index contributed by atoms with van der Waals surface area (Å²) in [4.78, 5) is 18.1. The third-order valence-corrected chi connectivity index (χ3v) is 6.61. The Morgan fingerprint density at radius 3 is 2.85 bits per heavy atom. The van der Waals surface area contributed by atoms with Crippen LogP contribution in [0.3, 0.4) is 0 Å². The summed E-state index contributed by atoms with van der Waals surface area (Å²) in [5.41, 5.74) is 1.70. The topological polar surface area (TPSA) is 97.2 Å². The Hall–Kier alpha value is -2.26. The van der Waals surface area contributed by atoms with E-state index in [-0.39, 0.29) is 10.8 Å². The molecule has 2 aliphatic heterocycles. The van der Waals surface area contributed by atoms with E-state index in [1.165, 1.54) is 6.92 Å². The minimum atomic E-state index is -3.75. The van der Waals surface area contributed by atoms with Crippen molar-refractivity contribution in [2.24, 2.45) is 0 Å².